The molecular formula is C32H39N3O6S. The van der Waals surface area contributed by atoms with E-state index in [0.717, 1.165) is 24.0 Å². The second kappa shape index (κ2) is 15.5. The maximum atomic E-state index is 13.7. The summed E-state index contributed by atoms with van der Waals surface area (Å²) >= 11 is 0. The number of morpholine rings is 1. The Morgan fingerprint density at radius 2 is 1.55 bits per heavy atom. The van der Waals surface area contributed by atoms with Gasteiger partial charge in [-0.15, -0.1) is 0 Å². The van der Waals surface area contributed by atoms with Gasteiger partial charge in [0, 0.05) is 32.6 Å². The van der Waals surface area contributed by atoms with Crippen molar-refractivity contribution in [1.82, 2.24) is 14.5 Å². The van der Waals surface area contributed by atoms with Gasteiger partial charge in [0.2, 0.25) is 15.9 Å². The van der Waals surface area contributed by atoms with Crippen molar-refractivity contribution in [2.24, 2.45) is 0 Å². The maximum Gasteiger partial charge on any atom is 0.261 e. The molecule has 3 aromatic carbocycles. The second-order valence-electron chi connectivity index (χ2n) is 10.1. The number of sulfonamides is 1. The molecule has 1 aliphatic heterocycles. The molecule has 1 N–H and O–H groups in total. The Balaban J connectivity index is 1.51. The number of benzene rings is 3. The number of nitrogens with one attached hydrogen (secondary N) is 1. The fraction of sp³-hybridized carbons (Fsp3) is 0.375. The molecule has 3 aromatic rings. The molecule has 2 amide bonds. The second-order valence-corrected chi connectivity index (χ2v) is 12.1. The number of amides is 2. The van der Waals surface area contributed by atoms with Crippen LogP contribution in [0.4, 0.5) is 0 Å². The minimum atomic E-state index is -3.64. The van der Waals surface area contributed by atoms with Crippen LogP contribution in [0.5, 0.6) is 5.75 Å². The number of hydrogen-bond acceptors (Lipinski definition) is 6. The van der Waals surface area contributed by atoms with Gasteiger partial charge in [-0.1, -0.05) is 74.0 Å². The van der Waals surface area contributed by atoms with Gasteiger partial charge in [-0.3, -0.25) is 9.59 Å². The van der Waals surface area contributed by atoms with Crippen LogP contribution in [0.1, 0.15) is 30.9 Å². The molecule has 1 heterocycles. The number of nitrogens with zero attached hydrogens (tertiary/aromatic N) is 2. The summed E-state index contributed by atoms with van der Waals surface area (Å²) in [5.74, 6) is -0.208. The van der Waals surface area contributed by atoms with E-state index in [-0.39, 0.29) is 29.9 Å². The minimum absolute atomic E-state index is 0.153. The molecule has 1 aliphatic rings. The Morgan fingerprint density at radius 1 is 0.929 bits per heavy atom. The van der Waals surface area contributed by atoms with E-state index in [2.05, 4.69) is 12.2 Å². The first kappa shape index (κ1) is 31.2. The van der Waals surface area contributed by atoms with Gasteiger partial charge in [0.05, 0.1) is 18.1 Å². The molecule has 1 unspecified atom stereocenters. The van der Waals surface area contributed by atoms with Crippen LogP contribution < -0.4 is 10.1 Å². The highest BCUT2D eigenvalue weighted by molar-refractivity contribution is 7.89. The van der Waals surface area contributed by atoms with Crippen LogP contribution in [0.15, 0.2) is 89.8 Å². The van der Waals surface area contributed by atoms with E-state index in [1.165, 1.54) is 16.4 Å². The fourth-order valence-corrected chi connectivity index (χ4v) is 6.12. The van der Waals surface area contributed by atoms with Gasteiger partial charge in [0.25, 0.3) is 5.91 Å². The van der Waals surface area contributed by atoms with Gasteiger partial charge in [-0.05, 0) is 41.8 Å². The SMILES string of the molecule is CCCCNC(=O)C(Cc1ccccc1)N(Cc1ccccc1)C(=O)COc1ccc(S(=O)(=O)N2CCOCC2)cc1. The molecule has 10 heteroatoms. The van der Waals surface area contributed by atoms with Crippen molar-refractivity contribution in [3.63, 3.8) is 0 Å². The number of unbranched alkanes of at least 4 members (excludes halogenated alkanes) is 1. The largest absolute Gasteiger partial charge is 0.484 e. The quantitative estimate of drug-likeness (QED) is 0.286. The molecule has 0 spiro atoms. The maximum absolute atomic E-state index is 13.7. The van der Waals surface area contributed by atoms with Crippen molar-refractivity contribution in [3.05, 3.63) is 96.1 Å². The van der Waals surface area contributed by atoms with Crippen molar-refractivity contribution in [2.75, 3.05) is 39.5 Å². The molecule has 1 saturated heterocycles. The number of hydrogen-bond donors (Lipinski definition) is 1. The van der Waals surface area contributed by atoms with Crippen molar-refractivity contribution in [3.8, 4) is 5.75 Å². The van der Waals surface area contributed by atoms with Crippen LogP contribution in [-0.4, -0.2) is 74.9 Å². The Morgan fingerprint density at radius 3 is 2.17 bits per heavy atom. The predicted molar refractivity (Wildman–Crippen MR) is 160 cm³/mol. The lowest BCUT2D eigenvalue weighted by atomic mass is 10.0. The summed E-state index contributed by atoms with van der Waals surface area (Å²) in [6.45, 7) is 3.86. The molecule has 1 fully saturated rings. The van der Waals surface area contributed by atoms with Gasteiger partial charge >= 0.3 is 0 Å². The van der Waals surface area contributed by atoms with E-state index < -0.39 is 16.1 Å². The Hall–Kier alpha value is -3.73. The number of ether oxygens (including phenoxy) is 2. The predicted octanol–water partition coefficient (Wildman–Crippen LogP) is 3.64. The first-order chi connectivity index (χ1) is 20.4. The highest BCUT2D eigenvalue weighted by Gasteiger charge is 2.31. The van der Waals surface area contributed by atoms with Crippen molar-refractivity contribution in [2.45, 2.75) is 43.7 Å². The van der Waals surface area contributed by atoms with E-state index in [9.17, 15) is 18.0 Å². The Kier molecular flexibility index (Phi) is 11.5. The van der Waals surface area contributed by atoms with Gasteiger partial charge < -0.3 is 19.7 Å². The summed E-state index contributed by atoms with van der Waals surface area (Å²) in [6.07, 6.45) is 2.14. The van der Waals surface area contributed by atoms with Crippen LogP contribution in [0, 0.1) is 0 Å². The van der Waals surface area contributed by atoms with Gasteiger partial charge in [0.15, 0.2) is 6.61 Å². The third kappa shape index (κ3) is 8.64. The van der Waals surface area contributed by atoms with E-state index in [4.69, 9.17) is 9.47 Å². The number of carbonyl (C=O) groups is 2. The molecule has 9 nitrogen and oxygen atoms in total. The lowest BCUT2D eigenvalue weighted by Crippen LogP contribution is -2.51. The lowest BCUT2D eigenvalue weighted by Gasteiger charge is -2.31. The van der Waals surface area contributed by atoms with Crippen molar-refractivity contribution < 1.29 is 27.5 Å². The number of rotatable bonds is 14. The third-order valence-electron chi connectivity index (χ3n) is 7.09. The van der Waals surface area contributed by atoms with Gasteiger partial charge in [-0.25, -0.2) is 8.42 Å². The number of carbonyl (C=O) groups excluding carboxylic acids is 2. The zero-order valence-electron chi connectivity index (χ0n) is 24.0. The normalized spacial score (nSPS) is 14.6. The first-order valence-electron chi connectivity index (χ1n) is 14.3. The molecule has 224 valence electrons. The van der Waals surface area contributed by atoms with E-state index in [1.54, 1.807) is 17.0 Å². The summed E-state index contributed by atoms with van der Waals surface area (Å²) in [4.78, 5) is 28.9. The van der Waals surface area contributed by atoms with Crippen molar-refractivity contribution in [1.29, 1.82) is 0 Å². The molecule has 42 heavy (non-hydrogen) atoms. The fourth-order valence-electron chi connectivity index (χ4n) is 4.71. The topological polar surface area (TPSA) is 105 Å². The van der Waals surface area contributed by atoms with Crippen LogP contribution >= 0.6 is 0 Å². The monoisotopic (exact) mass is 593 g/mol. The molecule has 0 radical (unpaired) electrons. The highest BCUT2D eigenvalue weighted by atomic mass is 32.2. The van der Waals surface area contributed by atoms with E-state index in [1.807, 2.05) is 60.7 Å². The molecule has 1 atom stereocenters. The standard InChI is InChI=1S/C32H39N3O6S/c1-2-3-18-33-32(37)30(23-26-10-6-4-7-11-26)35(24-27-12-8-5-9-13-27)31(36)25-41-28-14-16-29(17-15-28)42(38,39)34-19-21-40-22-20-34/h4-17,30H,2-3,18-25H2,1H3,(H,33,37). The van der Waals surface area contributed by atoms with Crippen LogP contribution in [0.3, 0.4) is 0 Å². The summed E-state index contributed by atoms with van der Waals surface area (Å²) < 4.78 is 38.4. The smallest absolute Gasteiger partial charge is 0.261 e. The molecular weight excluding hydrogens is 554 g/mol. The van der Waals surface area contributed by atoms with Crippen LogP contribution in [0.25, 0.3) is 0 Å². The summed E-state index contributed by atoms with van der Waals surface area (Å²) in [7, 11) is -3.64. The molecule has 0 aliphatic carbocycles. The van der Waals surface area contributed by atoms with Crippen LogP contribution in [-0.2, 0) is 37.3 Å². The zero-order chi connectivity index (χ0) is 29.8. The highest BCUT2D eigenvalue weighted by Crippen LogP contribution is 2.21. The summed E-state index contributed by atoms with van der Waals surface area (Å²) in [5.41, 5.74) is 1.83. The zero-order valence-corrected chi connectivity index (χ0v) is 24.8. The average molecular weight is 594 g/mol. The summed E-state index contributed by atoms with van der Waals surface area (Å²) in [5, 5.41) is 3.00. The third-order valence-corrected chi connectivity index (χ3v) is 9.00. The Bertz CT molecular complexity index is 1380. The van der Waals surface area contributed by atoms with E-state index >= 15 is 0 Å². The molecule has 0 bridgehead atoms. The van der Waals surface area contributed by atoms with Crippen molar-refractivity contribution >= 4 is 21.8 Å². The molecule has 4 rings (SSSR count). The lowest BCUT2D eigenvalue weighted by molar-refractivity contribution is -0.142. The van der Waals surface area contributed by atoms with Crippen LogP contribution in [0.2, 0.25) is 0 Å². The first-order valence-corrected chi connectivity index (χ1v) is 15.8. The molecule has 0 aromatic heterocycles. The van der Waals surface area contributed by atoms with Gasteiger partial charge in [0.1, 0.15) is 11.8 Å². The minimum Gasteiger partial charge on any atom is -0.484 e. The average Bonchev–Trinajstić information content (AvgIpc) is 3.03. The molecule has 0 saturated carbocycles. The summed E-state index contributed by atoms with van der Waals surface area (Å²) in [6, 6.07) is 24.5. The van der Waals surface area contributed by atoms with Gasteiger partial charge in [-0.2, -0.15) is 4.31 Å². The van der Waals surface area contributed by atoms with E-state index in [0.29, 0.717) is 45.0 Å². The Labute approximate surface area is 248 Å².